The van der Waals surface area contributed by atoms with Gasteiger partial charge in [-0.15, -0.1) is 0 Å². The van der Waals surface area contributed by atoms with E-state index in [-0.39, 0.29) is 6.04 Å². The zero-order valence-electron chi connectivity index (χ0n) is 11.0. The molecule has 0 saturated carbocycles. The van der Waals surface area contributed by atoms with Gasteiger partial charge < -0.3 is 10.4 Å². The molecule has 0 amide bonds. The van der Waals surface area contributed by atoms with E-state index in [4.69, 9.17) is 5.11 Å². The van der Waals surface area contributed by atoms with E-state index in [9.17, 15) is 4.79 Å². The Morgan fingerprint density at radius 2 is 2.26 bits per heavy atom. The summed E-state index contributed by atoms with van der Waals surface area (Å²) in [6.45, 7) is 2.64. The lowest BCUT2D eigenvalue weighted by molar-refractivity contribution is 0.0696. The van der Waals surface area contributed by atoms with Crippen molar-refractivity contribution in [2.75, 3.05) is 0 Å². The number of nitrogens with one attached hydrogen (secondary N) is 1. The van der Waals surface area contributed by atoms with Crippen molar-refractivity contribution in [2.45, 2.75) is 19.5 Å². The summed E-state index contributed by atoms with van der Waals surface area (Å²) < 4.78 is 1.76. The summed E-state index contributed by atoms with van der Waals surface area (Å²) in [6.07, 6.45) is 1.90. The summed E-state index contributed by atoms with van der Waals surface area (Å²) in [5.41, 5.74) is 2.23. The number of carboxylic acid groups (broad SMARTS) is 1. The number of carbonyl (C=O) groups is 1. The van der Waals surface area contributed by atoms with Crippen molar-refractivity contribution in [1.29, 1.82) is 0 Å². The van der Waals surface area contributed by atoms with Crippen LogP contribution in [0.5, 0.6) is 0 Å². The minimum Gasteiger partial charge on any atom is -0.478 e. The molecule has 0 radical (unpaired) electrons. The van der Waals surface area contributed by atoms with Crippen molar-refractivity contribution >= 4 is 5.97 Å². The van der Waals surface area contributed by atoms with Crippen LogP contribution in [0.2, 0.25) is 0 Å². The Kier molecular flexibility index (Phi) is 3.97. The molecule has 2 N–H and O–H groups in total. The highest BCUT2D eigenvalue weighted by Gasteiger charge is 2.08. The second kappa shape index (κ2) is 5.67. The molecule has 0 fully saturated rings. The first kappa shape index (κ1) is 13.3. The van der Waals surface area contributed by atoms with Crippen LogP contribution >= 0.6 is 0 Å². The third kappa shape index (κ3) is 3.42. The predicted octanol–water partition coefficient (Wildman–Crippen LogP) is 1.97. The Morgan fingerprint density at radius 1 is 1.47 bits per heavy atom. The average Bonchev–Trinajstić information content (AvgIpc) is 2.83. The number of rotatable bonds is 5. The summed E-state index contributed by atoms with van der Waals surface area (Å²) in [5, 5.41) is 16.6. The van der Waals surface area contributed by atoms with Gasteiger partial charge in [0.25, 0.3) is 0 Å². The normalized spacial score (nSPS) is 12.3. The van der Waals surface area contributed by atoms with Crippen molar-refractivity contribution in [3.8, 4) is 0 Å². The standard InChI is InChI=1S/C14H17N3O2/c1-10(13-6-7-17(2)16-13)15-9-11-4-3-5-12(8-11)14(18)19/h3-8,10,15H,9H2,1-2H3,(H,18,19). The molecule has 2 aromatic rings. The first-order valence-corrected chi connectivity index (χ1v) is 6.11. The minimum absolute atomic E-state index is 0.120. The minimum atomic E-state index is -0.903. The molecule has 0 spiro atoms. The van der Waals surface area contributed by atoms with Crippen LogP contribution in [0.4, 0.5) is 0 Å². The quantitative estimate of drug-likeness (QED) is 0.861. The number of aromatic carboxylic acids is 1. The van der Waals surface area contributed by atoms with Crippen LogP contribution in [0.15, 0.2) is 36.5 Å². The number of hydrogen-bond acceptors (Lipinski definition) is 3. The zero-order valence-corrected chi connectivity index (χ0v) is 11.0. The van der Waals surface area contributed by atoms with Gasteiger partial charge in [-0.1, -0.05) is 12.1 Å². The van der Waals surface area contributed by atoms with E-state index in [1.54, 1.807) is 22.9 Å². The summed E-state index contributed by atoms with van der Waals surface area (Å²) >= 11 is 0. The van der Waals surface area contributed by atoms with Crippen LogP contribution < -0.4 is 5.32 Å². The molecule has 5 heteroatoms. The Balaban J connectivity index is 1.98. The third-order valence-electron chi connectivity index (χ3n) is 2.96. The predicted molar refractivity (Wildman–Crippen MR) is 71.9 cm³/mol. The molecule has 19 heavy (non-hydrogen) atoms. The van der Waals surface area contributed by atoms with Crippen LogP contribution in [0, 0.1) is 0 Å². The monoisotopic (exact) mass is 259 g/mol. The lowest BCUT2D eigenvalue weighted by Gasteiger charge is -2.11. The molecule has 1 heterocycles. The highest BCUT2D eigenvalue weighted by atomic mass is 16.4. The Bertz CT molecular complexity index is 578. The average molecular weight is 259 g/mol. The highest BCUT2D eigenvalue weighted by molar-refractivity contribution is 5.87. The number of aromatic nitrogens is 2. The summed E-state index contributed by atoms with van der Waals surface area (Å²) in [5.74, 6) is -0.903. The van der Waals surface area contributed by atoms with Gasteiger partial charge in [0.05, 0.1) is 11.3 Å². The fraction of sp³-hybridized carbons (Fsp3) is 0.286. The number of nitrogens with zero attached hydrogens (tertiary/aromatic N) is 2. The van der Waals surface area contributed by atoms with Gasteiger partial charge in [-0.05, 0) is 30.7 Å². The van der Waals surface area contributed by atoms with E-state index >= 15 is 0 Å². The molecule has 0 aliphatic heterocycles. The van der Waals surface area contributed by atoms with Crippen molar-refractivity contribution < 1.29 is 9.90 Å². The Labute approximate surface area is 111 Å². The molecule has 1 aromatic carbocycles. The van der Waals surface area contributed by atoms with Crippen LogP contribution in [0.3, 0.4) is 0 Å². The highest BCUT2D eigenvalue weighted by Crippen LogP contribution is 2.11. The van der Waals surface area contributed by atoms with Gasteiger partial charge in [-0.2, -0.15) is 5.10 Å². The van der Waals surface area contributed by atoms with Gasteiger partial charge in [-0.3, -0.25) is 4.68 Å². The van der Waals surface area contributed by atoms with Crippen LogP contribution in [0.1, 0.15) is 34.6 Å². The Hall–Kier alpha value is -2.14. The maximum absolute atomic E-state index is 10.9. The number of carboxylic acids is 1. The summed E-state index contributed by atoms with van der Waals surface area (Å²) in [7, 11) is 1.88. The van der Waals surface area contributed by atoms with Gasteiger partial charge in [0, 0.05) is 25.8 Å². The fourth-order valence-electron chi connectivity index (χ4n) is 1.85. The van der Waals surface area contributed by atoms with Crippen molar-refractivity contribution in [1.82, 2.24) is 15.1 Å². The molecular formula is C14H17N3O2. The molecule has 2 rings (SSSR count). The Morgan fingerprint density at radius 3 is 2.89 bits per heavy atom. The van der Waals surface area contributed by atoms with Crippen LogP contribution in [-0.2, 0) is 13.6 Å². The van der Waals surface area contributed by atoms with E-state index in [1.165, 1.54) is 0 Å². The van der Waals surface area contributed by atoms with Crippen LogP contribution in [-0.4, -0.2) is 20.9 Å². The first-order valence-electron chi connectivity index (χ1n) is 6.11. The van der Waals surface area contributed by atoms with Gasteiger partial charge in [-0.25, -0.2) is 4.79 Å². The largest absolute Gasteiger partial charge is 0.478 e. The molecule has 100 valence electrons. The fourth-order valence-corrected chi connectivity index (χ4v) is 1.85. The maximum Gasteiger partial charge on any atom is 0.335 e. The van der Waals surface area contributed by atoms with E-state index in [0.29, 0.717) is 12.1 Å². The molecule has 0 bridgehead atoms. The number of hydrogen-bond donors (Lipinski definition) is 2. The summed E-state index contributed by atoms with van der Waals surface area (Å²) in [4.78, 5) is 10.9. The zero-order chi connectivity index (χ0) is 13.8. The number of benzene rings is 1. The molecule has 0 aliphatic carbocycles. The molecule has 1 atom stereocenters. The van der Waals surface area contributed by atoms with E-state index in [0.717, 1.165) is 11.3 Å². The van der Waals surface area contributed by atoms with E-state index < -0.39 is 5.97 Å². The number of aryl methyl sites for hydroxylation is 1. The lowest BCUT2D eigenvalue weighted by Crippen LogP contribution is -2.19. The SMILES string of the molecule is CC(NCc1cccc(C(=O)O)c1)c1ccn(C)n1. The van der Waals surface area contributed by atoms with Gasteiger partial charge in [0.1, 0.15) is 0 Å². The topological polar surface area (TPSA) is 67.2 Å². The van der Waals surface area contributed by atoms with Gasteiger partial charge in [0.2, 0.25) is 0 Å². The second-order valence-electron chi connectivity index (χ2n) is 4.52. The first-order chi connectivity index (χ1) is 9.06. The lowest BCUT2D eigenvalue weighted by atomic mass is 10.1. The van der Waals surface area contributed by atoms with Gasteiger partial charge >= 0.3 is 5.97 Å². The van der Waals surface area contributed by atoms with Gasteiger partial charge in [0.15, 0.2) is 0 Å². The molecule has 0 saturated heterocycles. The molecule has 1 unspecified atom stereocenters. The maximum atomic E-state index is 10.9. The van der Waals surface area contributed by atoms with Crippen molar-refractivity contribution in [2.24, 2.45) is 7.05 Å². The van der Waals surface area contributed by atoms with E-state index in [1.807, 2.05) is 32.3 Å². The molecular weight excluding hydrogens is 242 g/mol. The molecule has 1 aromatic heterocycles. The smallest absolute Gasteiger partial charge is 0.335 e. The second-order valence-corrected chi connectivity index (χ2v) is 4.52. The van der Waals surface area contributed by atoms with E-state index in [2.05, 4.69) is 10.4 Å². The molecule has 0 aliphatic rings. The molecule has 5 nitrogen and oxygen atoms in total. The van der Waals surface area contributed by atoms with Crippen molar-refractivity contribution in [3.63, 3.8) is 0 Å². The van der Waals surface area contributed by atoms with Crippen LogP contribution in [0.25, 0.3) is 0 Å². The third-order valence-corrected chi connectivity index (χ3v) is 2.96. The summed E-state index contributed by atoms with van der Waals surface area (Å²) in [6, 6.07) is 9.02. The van der Waals surface area contributed by atoms with Crippen molar-refractivity contribution in [3.05, 3.63) is 53.3 Å².